The summed E-state index contributed by atoms with van der Waals surface area (Å²) in [5, 5.41) is 4.11. The quantitative estimate of drug-likeness (QED) is 0.748. The van der Waals surface area contributed by atoms with Crippen molar-refractivity contribution >= 4 is 23.2 Å². The van der Waals surface area contributed by atoms with E-state index >= 15 is 0 Å². The molecule has 3 heteroatoms. The van der Waals surface area contributed by atoms with Crippen LogP contribution < -0.4 is 5.32 Å². The van der Waals surface area contributed by atoms with E-state index < -0.39 is 0 Å². The summed E-state index contributed by atoms with van der Waals surface area (Å²) >= 11 is 11.2. The van der Waals surface area contributed by atoms with Gasteiger partial charge in [-0.15, -0.1) is 0 Å². The third-order valence-corrected chi connectivity index (χ3v) is 3.54. The fourth-order valence-corrected chi connectivity index (χ4v) is 2.32. The fraction of sp³-hybridized carbons (Fsp3) is 0.778. The molecule has 2 rings (SSSR count). The minimum Gasteiger partial charge on any atom is -0.309 e. The van der Waals surface area contributed by atoms with Crippen molar-refractivity contribution in [2.75, 3.05) is 6.54 Å². The molecule has 2 aliphatic rings. The molecule has 0 aliphatic heterocycles. The monoisotopic (exact) mass is 205 g/mol. The first kappa shape index (κ1) is 8.86. The molecule has 1 N–H and O–H groups in total. The molecule has 0 aromatic carbocycles. The summed E-state index contributed by atoms with van der Waals surface area (Å²) in [4.78, 5) is 0. The van der Waals surface area contributed by atoms with Crippen LogP contribution in [-0.4, -0.2) is 12.6 Å². The summed E-state index contributed by atoms with van der Waals surface area (Å²) in [6.45, 7) is 0.731. The Labute approximate surface area is 83.1 Å². The van der Waals surface area contributed by atoms with Crippen molar-refractivity contribution in [2.24, 2.45) is 11.8 Å². The van der Waals surface area contributed by atoms with Crippen LogP contribution in [0, 0.1) is 11.8 Å². The number of fused-ring (bicyclic) bond motifs is 1. The van der Waals surface area contributed by atoms with Gasteiger partial charge < -0.3 is 5.32 Å². The number of hydrogen-bond acceptors (Lipinski definition) is 1. The molecule has 0 radical (unpaired) electrons. The fourth-order valence-electron chi connectivity index (χ4n) is 2.16. The highest BCUT2D eigenvalue weighted by Gasteiger charge is 2.45. The van der Waals surface area contributed by atoms with Gasteiger partial charge in [0.05, 0.1) is 0 Å². The normalized spacial score (nSPS) is 39.8. The molecule has 2 fully saturated rings. The molecule has 0 saturated heterocycles. The Morgan fingerprint density at radius 3 is 2.58 bits per heavy atom. The van der Waals surface area contributed by atoms with Crippen molar-refractivity contribution in [2.45, 2.75) is 25.3 Å². The maximum absolute atomic E-state index is 5.76. The Morgan fingerprint density at radius 1 is 1.33 bits per heavy atom. The lowest BCUT2D eigenvalue weighted by atomic mass is 10.1. The van der Waals surface area contributed by atoms with Gasteiger partial charge in [-0.1, -0.05) is 23.2 Å². The van der Waals surface area contributed by atoms with E-state index in [1.165, 1.54) is 24.8 Å². The first-order chi connectivity index (χ1) is 5.79. The van der Waals surface area contributed by atoms with Crippen LogP contribution in [0.4, 0.5) is 0 Å². The van der Waals surface area contributed by atoms with E-state index in [0.29, 0.717) is 11.1 Å². The van der Waals surface area contributed by atoms with E-state index in [1.54, 1.807) is 0 Å². The summed E-state index contributed by atoms with van der Waals surface area (Å²) in [6, 6.07) is 0.694. The molecular formula is C9H13Cl2N. The molecule has 68 valence electrons. The number of halogens is 2. The van der Waals surface area contributed by atoms with Crippen LogP contribution in [-0.2, 0) is 0 Å². The molecule has 2 aliphatic carbocycles. The summed E-state index contributed by atoms with van der Waals surface area (Å²) < 4.78 is 0. The molecular weight excluding hydrogens is 193 g/mol. The van der Waals surface area contributed by atoms with Gasteiger partial charge in [0.15, 0.2) is 0 Å². The molecule has 0 aromatic heterocycles. The van der Waals surface area contributed by atoms with E-state index in [4.69, 9.17) is 23.2 Å². The molecule has 0 aromatic rings. The highest BCUT2D eigenvalue weighted by Crippen LogP contribution is 2.51. The summed E-state index contributed by atoms with van der Waals surface area (Å²) in [5.74, 6) is 2.06. The maximum Gasteiger partial charge on any atom is 0.0431 e. The third kappa shape index (κ3) is 1.95. The van der Waals surface area contributed by atoms with Crippen molar-refractivity contribution in [1.29, 1.82) is 0 Å². The van der Waals surface area contributed by atoms with E-state index in [-0.39, 0.29) is 0 Å². The topological polar surface area (TPSA) is 12.0 Å². The Balaban J connectivity index is 1.67. The van der Waals surface area contributed by atoms with Gasteiger partial charge in [-0.3, -0.25) is 0 Å². The second-order valence-electron chi connectivity index (χ2n) is 3.86. The molecule has 12 heavy (non-hydrogen) atoms. The SMILES string of the molecule is Cl/C=C(/Cl)CNC1CC2CC2C1. The second kappa shape index (κ2) is 3.57. The van der Waals surface area contributed by atoms with Crippen molar-refractivity contribution in [3.8, 4) is 0 Å². The maximum atomic E-state index is 5.76. The lowest BCUT2D eigenvalue weighted by molar-refractivity contribution is 0.503. The Morgan fingerprint density at radius 2 is 2.00 bits per heavy atom. The summed E-state index contributed by atoms with van der Waals surface area (Å²) in [6.07, 6.45) is 4.16. The van der Waals surface area contributed by atoms with Crippen molar-refractivity contribution < 1.29 is 0 Å². The minimum absolute atomic E-state index is 0.694. The van der Waals surface area contributed by atoms with Gasteiger partial charge in [0.1, 0.15) is 0 Å². The molecule has 0 spiro atoms. The van der Waals surface area contributed by atoms with Gasteiger partial charge in [0.2, 0.25) is 0 Å². The first-order valence-electron chi connectivity index (χ1n) is 4.47. The van der Waals surface area contributed by atoms with Gasteiger partial charge in [-0.25, -0.2) is 0 Å². The molecule has 2 unspecified atom stereocenters. The van der Waals surface area contributed by atoms with Crippen LogP contribution in [0.15, 0.2) is 10.6 Å². The highest BCUT2D eigenvalue weighted by atomic mass is 35.5. The van der Waals surface area contributed by atoms with Crippen molar-refractivity contribution in [1.82, 2.24) is 5.32 Å². The lowest BCUT2D eigenvalue weighted by Gasteiger charge is -2.12. The summed E-state index contributed by atoms with van der Waals surface area (Å²) in [7, 11) is 0. The van der Waals surface area contributed by atoms with E-state index in [9.17, 15) is 0 Å². The van der Waals surface area contributed by atoms with Crippen molar-refractivity contribution in [3.63, 3.8) is 0 Å². The van der Waals surface area contributed by atoms with Crippen LogP contribution in [0.2, 0.25) is 0 Å². The van der Waals surface area contributed by atoms with Gasteiger partial charge in [-0.2, -0.15) is 0 Å². The standard InChI is InChI=1S/C9H13Cl2N/c10-4-8(11)5-12-9-2-6-1-7(6)3-9/h4,6-7,9,12H,1-3,5H2/b8-4+. The predicted octanol–water partition coefficient (Wildman–Crippen LogP) is 2.69. The van der Waals surface area contributed by atoms with Crippen LogP contribution >= 0.6 is 23.2 Å². The Hall–Kier alpha value is 0.280. The number of nitrogens with one attached hydrogen (secondary N) is 1. The largest absolute Gasteiger partial charge is 0.309 e. The number of hydrogen-bond donors (Lipinski definition) is 1. The van der Waals surface area contributed by atoms with E-state index in [2.05, 4.69) is 5.32 Å². The average molecular weight is 206 g/mol. The molecule has 1 nitrogen and oxygen atoms in total. The Bertz CT molecular complexity index is 193. The molecule has 0 heterocycles. The lowest BCUT2D eigenvalue weighted by Crippen LogP contribution is -2.28. The van der Waals surface area contributed by atoms with Crippen molar-refractivity contribution in [3.05, 3.63) is 10.6 Å². The van der Waals surface area contributed by atoms with Crippen LogP contribution in [0.3, 0.4) is 0 Å². The van der Waals surface area contributed by atoms with Gasteiger partial charge in [-0.05, 0) is 31.1 Å². The first-order valence-corrected chi connectivity index (χ1v) is 5.29. The molecule has 2 saturated carbocycles. The van der Waals surface area contributed by atoms with Crippen LogP contribution in [0.25, 0.3) is 0 Å². The third-order valence-electron chi connectivity index (χ3n) is 2.92. The second-order valence-corrected chi connectivity index (χ2v) is 4.56. The zero-order valence-corrected chi connectivity index (χ0v) is 8.41. The van der Waals surface area contributed by atoms with Crippen LogP contribution in [0.5, 0.6) is 0 Å². The smallest absolute Gasteiger partial charge is 0.0431 e. The van der Waals surface area contributed by atoms with E-state index in [0.717, 1.165) is 18.4 Å². The van der Waals surface area contributed by atoms with E-state index in [1.807, 2.05) is 0 Å². The predicted molar refractivity (Wildman–Crippen MR) is 52.4 cm³/mol. The highest BCUT2D eigenvalue weighted by molar-refractivity contribution is 6.36. The zero-order valence-electron chi connectivity index (χ0n) is 6.89. The van der Waals surface area contributed by atoms with Crippen LogP contribution in [0.1, 0.15) is 19.3 Å². The molecule has 0 bridgehead atoms. The number of rotatable bonds is 3. The zero-order chi connectivity index (χ0) is 8.55. The van der Waals surface area contributed by atoms with Gasteiger partial charge in [0.25, 0.3) is 0 Å². The minimum atomic E-state index is 0.694. The summed E-state index contributed by atoms with van der Waals surface area (Å²) in [5.41, 5.74) is 1.43. The molecule has 0 amide bonds. The average Bonchev–Trinajstić information content (AvgIpc) is 2.70. The van der Waals surface area contributed by atoms with Gasteiger partial charge >= 0.3 is 0 Å². The molecule has 2 atom stereocenters. The van der Waals surface area contributed by atoms with Gasteiger partial charge in [0, 0.05) is 23.2 Å². The Kier molecular flexibility index (Phi) is 2.63.